The second-order valence-electron chi connectivity index (χ2n) is 23.9. The first kappa shape index (κ1) is 74.4. The van der Waals surface area contributed by atoms with E-state index in [2.05, 4.69) is 26.1 Å². The number of ether oxygens (including phenoxy) is 3. The van der Waals surface area contributed by atoms with Crippen molar-refractivity contribution < 1.29 is 49.3 Å². The quantitative estimate of drug-likeness (QED) is 0.0195. The van der Waals surface area contributed by atoms with Gasteiger partial charge in [0.15, 0.2) is 12.4 Å². The second-order valence-corrected chi connectivity index (χ2v) is 23.9. The summed E-state index contributed by atoms with van der Waals surface area (Å²) in [5.41, 5.74) is 0. The summed E-state index contributed by atoms with van der Waals surface area (Å²) in [7, 11) is 0. The average molecular weight is 1110 g/mol. The molecule has 1 aliphatic heterocycles. The third-order valence-corrected chi connectivity index (χ3v) is 16.4. The summed E-state index contributed by atoms with van der Waals surface area (Å²) in [4.78, 5) is 26.6. The molecule has 0 radical (unpaired) electrons. The van der Waals surface area contributed by atoms with Crippen molar-refractivity contribution in [3.05, 3.63) is 12.2 Å². The third kappa shape index (κ3) is 43.1. The first-order chi connectivity index (χ1) is 38.2. The summed E-state index contributed by atoms with van der Waals surface area (Å²) in [5, 5.41) is 57.1. The lowest BCUT2D eigenvalue weighted by Gasteiger charge is -2.41. The Morgan fingerprint density at radius 1 is 0.487 bits per heavy atom. The van der Waals surface area contributed by atoms with Gasteiger partial charge in [0, 0.05) is 6.42 Å². The van der Waals surface area contributed by atoms with E-state index in [-0.39, 0.29) is 13.0 Å². The van der Waals surface area contributed by atoms with Crippen molar-refractivity contribution >= 4 is 11.9 Å². The van der Waals surface area contributed by atoms with Gasteiger partial charge in [0.2, 0.25) is 5.91 Å². The smallest absolute Gasteiger partial charge is 0.306 e. The number of rotatable bonds is 59. The molecule has 0 bridgehead atoms. The lowest BCUT2D eigenvalue weighted by molar-refractivity contribution is -0.305. The molecule has 1 rings (SSSR count). The second kappa shape index (κ2) is 55.9. The van der Waals surface area contributed by atoms with E-state index in [0.717, 1.165) is 57.8 Å². The van der Waals surface area contributed by atoms with Gasteiger partial charge in [-0.25, -0.2) is 0 Å². The van der Waals surface area contributed by atoms with E-state index in [1.54, 1.807) is 6.08 Å². The predicted molar refractivity (Wildman–Crippen MR) is 325 cm³/mol. The first-order valence-corrected chi connectivity index (χ1v) is 34.0. The minimum Gasteiger partial charge on any atom is -0.454 e. The molecule has 8 atom stereocenters. The molecule has 1 saturated heterocycles. The lowest BCUT2D eigenvalue weighted by Crippen LogP contribution is -2.61. The van der Waals surface area contributed by atoms with Gasteiger partial charge in [-0.15, -0.1) is 0 Å². The summed E-state index contributed by atoms with van der Waals surface area (Å²) < 4.78 is 17.7. The van der Waals surface area contributed by atoms with Crippen LogP contribution in [0.3, 0.4) is 0 Å². The molecule has 0 aromatic heterocycles. The van der Waals surface area contributed by atoms with Gasteiger partial charge >= 0.3 is 5.97 Å². The normalized spacial score (nSPS) is 18.9. The van der Waals surface area contributed by atoms with Crippen LogP contribution in [0.4, 0.5) is 0 Å². The number of carbonyl (C=O) groups excluding carboxylic acids is 2. The number of aliphatic hydroxyl groups excluding tert-OH is 5. The molecule has 1 aliphatic rings. The molecule has 462 valence electrons. The maximum atomic E-state index is 13.4. The number of unbranched alkanes of at least 4 members (excludes halogenated alkanes) is 45. The summed E-state index contributed by atoms with van der Waals surface area (Å²) in [6, 6.07) is -1.02. The van der Waals surface area contributed by atoms with Crippen molar-refractivity contribution in [2.45, 2.75) is 391 Å². The molecule has 11 heteroatoms. The number of hydrogen-bond acceptors (Lipinski definition) is 10. The average Bonchev–Trinajstić information content (AvgIpc) is 3.44. The first-order valence-electron chi connectivity index (χ1n) is 34.0. The Bertz CT molecular complexity index is 1320. The van der Waals surface area contributed by atoms with E-state index in [1.165, 1.54) is 238 Å². The lowest BCUT2D eigenvalue weighted by atomic mass is 9.99. The zero-order valence-electron chi connectivity index (χ0n) is 51.3. The van der Waals surface area contributed by atoms with Crippen molar-refractivity contribution in [3.63, 3.8) is 0 Å². The van der Waals surface area contributed by atoms with Crippen LogP contribution >= 0.6 is 0 Å². The van der Waals surface area contributed by atoms with Crippen molar-refractivity contribution in [2.75, 3.05) is 13.2 Å². The predicted octanol–water partition coefficient (Wildman–Crippen LogP) is 16.7. The minimum atomic E-state index is -1.61. The van der Waals surface area contributed by atoms with Crippen LogP contribution in [0.15, 0.2) is 12.2 Å². The molecule has 1 amide bonds. The van der Waals surface area contributed by atoms with Gasteiger partial charge in [-0.2, -0.15) is 0 Å². The van der Waals surface area contributed by atoms with Gasteiger partial charge in [-0.3, -0.25) is 9.59 Å². The molecule has 0 aliphatic carbocycles. The van der Waals surface area contributed by atoms with Crippen LogP contribution < -0.4 is 5.32 Å². The summed E-state index contributed by atoms with van der Waals surface area (Å²) in [5.74, 6) is -1.17. The van der Waals surface area contributed by atoms with Crippen molar-refractivity contribution in [3.8, 4) is 0 Å². The number of hydrogen-bond donors (Lipinski definition) is 6. The Balaban J connectivity index is 2.57. The van der Waals surface area contributed by atoms with Crippen LogP contribution in [0, 0.1) is 0 Å². The summed E-state index contributed by atoms with van der Waals surface area (Å²) in [6.07, 6.45) is 54.0. The Morgan fingerprint density at radius 2 is 0.833 bits per heavy atom. The maximum absolute atomic E-state index is 13.4. The highest BCUT2D eigenvalue weighted by molar-refractivity contribution is 5.80. The van der Waals surface area contributed by atoms with Crippen LogP contribution in [0.1, 0.15) is 342 Å². The van der Waals surface area contributed by atoms with Crippen molar-refractivity contribution in [1.82, 2.24) is 5.32 Å². The van der Waals surface area contributed by atoms with Crippen LogP contribution in [-0.2, 0) is 23.8 Å². The number of aliphatic hydroxyl groups is 5. The largest absolute Gasteiger partial charge is 0.454 e. The monoisotopic (exact) mass is 1110 g/mol. The van der Waals surface area contributed by atoms with Gasteiger partial charge in [-0.1, -0.05) is 322 Å². The molecule has 1 heterocycles. The van der Waals surface area contributed by atoms with Gasteiger partial charge in [0.05, 0.1) is 25.4 Å². The molecular formula is C67H129NO10. The molecule has 0 aromatic carbocycles. The van der Waals surface area contributed by atoms with Gasteiger partial charge in [0.25, 0.3) is 0 Å². The van der Waals surface area contributed by atoms with Gasteiger partial charge in [0.1, 0.15) is 24.4 Å². The summed E-state index contributed by atoms with van der Waals surface area (Å²) >= 11 is 0. The van der Waals surface area contributed by atoms with E-state index in [0.29, 0.717) is 19.3 Å². The van der Waals surface area contributed by atoms with Crippen molar-refractivity contribution in [2.24, 2.45) is 0 Å². The number of amides is 1. The maximum Gasteiger partial charge on any atom is 0.306 e. The zero-order valence-corrected chi connectivity index (χ0v) is 51.3. The van der Waals surface area contributed by atoms with E-state index >= 15 is 0 Å². The number of carbonyl (C=O) groups is 2. The number of allylic oxidation sites excluding steroid dienone is 1. The molecule has 11 nitrogen and oxygen atoms in total. The van der Waals surface area contributed by atoms with Crippen LogP contribution in [-0.4, -0.2) is 99.6 Å². The van der Waals surface area contributed by atoms with Gasteiger partial charge < -0.3 is 45.1 Å². The Morgan fingerprint density at radius 3 is 1.21 bits per heavy atom. The summed E-state index contributed by atoms with van der Waals surface area (Å²) in [6.45, 7) is 5.84. The van der Waals surface area contributed by atoms with Crippen molar-refractivity contribution in [1.29, 1.82) is 0 Å². The fourth-order valence-corrected chi connectivity index (χ4v) is 11.1. The SMILES string of the molecule is CCCCCCCCCCCC/C=C/C(O)C(COC1OC(CO)C(O)C(O)C1OC(=O)CCCCCCCCCCCCCCCCCCCCCCCCC)NC(=O)C(O)CCCCCCCCCCCCCCCC. The molecule has 0 saturated carbocycles. The molecule has 6 N–H and O–H groups in total. The Kier molecular flexibility index (Phi) is 53.3. The Hall–Kier alpha value is -1.60. The highest BCUT2D eigenvalue weighted by Crippen LogP contribution is 2.26. The minimum absolute atomic E-state index is 0.132. The molecule has 0 spiro atoms. The highest BCUT2D eigenvalue weighted by atomic mass is 16.7. The standard InChI is InChI=1S/C67H129NO10/c1-4-7-10-13-16-19-22-25-27-28-29-30-31-32-33-34-35-37-40-43-46-49-52-55-62(72)78-65-64(74)63(73)61(56-69)77-67(65)76-57-58(59(70)53-50-47-44-41-38-24-21-18-15-12-9-6-3)68-66(75)60(71)54-51-48-45-42-39-36-26-23-20-17-14-11-8-5-2/h50,53,58-61,63-65,67,69-71,73-74H,4-49,51-52,54-57H2,1-3H3,(H,68,75)/b53-50+. The third-order valence-electron chi connectivity index (χ3n) is 16.4. The molecular weight excluding hydrogens is 979 g/mol. The fourth-order valence-electron chi connectivity index (χ4n) is 11.1. The van der Waals surface area contributed by atoms with Gasteiger partial charge in [-0.05, 0) is 25.7 Å². The van der Waals surface area contributed by atoms with Crippen LogP contribution in [0.5, 0.6) is 0 Å². The number of esters is 1. The Labute approximate surface area is 480 Å². The van der Waals surface area contributed by atoms with E-state index in [1.807, 2.05) is 6.08 Å². The van der Waals surface area contributed by atoms with E-state index < -0.39 is 67.4 Å². The van der Waals surface area contributed by atoms with E-state index in [4.69, 9.17) is 14.2 Å². The molecule has 1 fully saturated rings. The molecule has 78 heavy (non-hydrogen) atoms. The topological polar surface area (TPSA) is 175 Å². The van der Waals surface area contributed by atoms with Crippen LogP contribution in [0.2, 0.25) is 0 Å². The zero-order chi connectivity index (χ0) is 56.8. The number of nitrogens with one attached hydrogen (secondary N) is 1. The molecule has 8 unspecified atom stereocenters. The van der Waals surface area contributed by atoms with Crippen LogP contribution in [0.25, 0.3) is 0 Å². The van der Waals surface area contributed by atoms with E-state index in [9.17, 15) is 35.1 Å². The molecule has 0 aromatic rings. The highest BCUT2D eigenvalue weighted by Gasteiger charge is 2.47. The fraction of sp³-hybridized carbons (Fsp3) is 0.940.